The third kappa shape index (κ3) is 3.65. The van der Waals surface area contributed by atoms with Crippen molar-refractivity contribution in [3.8, 4) is 0 Å². The van der Waals surface area contributed by atoms with E-state index in [0.29, 0.717) is 17.0 Å². The van der Waals surface area contributed by atoms with Crippen LogP contribution in [0.2, 0.25) is 0 Å². The fourth-order valence-electron chi connectivity index (χ4n) is 2.02. The van der Waals surface area contributed by atoms with Crippen LogP contribution in [0.15, 0.2) is 18.2 Å². The third-order valence-corrected chi connectivity index (χ3v) is 4.22. The SMILES string of the molecule is CC.COC(=O)c1c(NC=O)sc2cc(C(C)(C)C)ccc12. The average Bonchev–Trinajstić information content (AvgIpc) is 2.85. The van der Waals surface area contributed by atoms with Gasteiger partial charge in [0.05, 0.1) is 7.11 Å². The van der Waals surface area contributed by atoms with Crippen LogP contribution in [0.3, 0.4) is 0 Å². The van der Waals surface area contributed by atoms with Crippen LogP contribution in [0, 0.1) is 0 Å². The summed E-state index contributed by atoms with van der Waals surface area (Å²) in [6.45, 7) is 10.4. The van der Waals surface area contributed by atoms with Gasteiger partial charge in [0, 0.05) is 10.1 Å². The zero-order valence-corrected chi connectivity index (χ0v) is 14.8. The van der Waals surface area contributed by atoms with E-state index in [0.717, 1.165) is 10.1 Å². The first-order valence-corrected chi connectivity index (χ1v) is 8.05. The molecule has 0 bridgehead atoms. The zero-order valence-electron chi connectivity index (χ0n) is 13.9. The lowest BCUT2D eigenvalue weighted by molar-refractivity contribution is -0.105. The first kappa shape index (κ1) is 18.2. The molecule has 1 aromatic heterocycles. The predicted molar refractivity (Wildman–Crippen MR) is 92.9 cm³/mol. The van der Waals surface area contributed by atoms with Crippen molar-refractivity contribution < 1.29 is 14.3 Å². The summed E-state index contributed by atoms with van der Waals surface area (Å²) in [6.07, 6.45) is 0.571. The number of anilines is 1. The van der Waals surface area contributed by atoms with Crippen LogP contribution >= 0.6 is 11.3 Å². The highest BCUT2D eigenvalue weighted by atomic mass is 32.1. The molecule has 2 aromatic rings. The lowest BCUT2D eigenvalue weighted by Gasteiger charge is -2.18. The van der Waals surface area contributed by atoms with Gasteiger partial charge in [-0.2, -0.15) is 0 Å². The summed E-state index contributed by atoms with van der Waals surface area (Å²) in [4.78, 5) is 22.6. The van der Waals surface area contributed by atoms with Crippen LogP contribution in [0.25, 0.3) is 10.1 Å². The Morgan fingerprint density at radius 2 is 1.91 bits per heavy atom. The predicted octanol–water partition coefficient (Wildman–Crippen LogP) is 4.58. The normalized spacial score (nSPS) is 10.6. The Balaban J connectivity index is 0.00000116. The molecule has 1 N–H and O–H groups in total. The number of rotatable bonds is 3. The quantitative estimate of drug-likeness (QED) is 0.665. The molecule has 0 aliphatic rings. The minimum atomic E-state index is -0.441. The zero-order chi connectivity index (χ0) is 16.9. The van der Waals surface area contributed by atoms with Gasteiger partial charge in [-0.3, -0.25) is 4.79 Å². The van der Waals surface area contributed by atoms with Crippen molar-refractivity contribution in [1.82, 2.24) is 0 Å². The second kappa shape index (κ2) is 7.40. The van der Waals surface area contributed by atoms with E-state index in [1.54, 1.807) is 0 Å². The molecule has 5 heteroatoms. The lowest BCUT2D eigenvalue weighted by Crippen LogP contribution is -2.10. The number of benzene rings is 1. The molecule has 1 heterocycles. The van der Waals surface area contributed by atoms with E-state index in [1.165, 1.54) is 24.0 Å². The number of ether oxygens (including phenoxy) is 1. The van der Waals surface area contributed by atoms with Gasteiger partial charge in [-0.1, -0.05) is 46.8 Å². The maximum atomic E-state index is 11.9. The van der Waals surface area contributed by atoms with Gasteiger partial charge in [-0.05, 0) is 17.0 Å². The Morgan fingerprint density at radius 3 is 2.41 bits per heavy atom. The number of nitrogens with one attached hydrogen (secondary N) is 1. The molecular weight excluding hydrogens is 298 g/mol. The molecule has 0 saturated heterocycles. The van der Waals surface area contributed by atoms with Crippen LogP contribution in [-0.2, 0) is 14.9 Å². The van der Waals surface area contributed by atoms with Crippen LogP contribution in [0.1, 0.15) is 50.5 Å². The van der Waals surface area contributed by atoms with Crippen molar-refractivity contribution in [1.29, 1.82) is 0 Å². The van der Waals surface area contributed by atoms with Crippen LogP contribution in [0.4, 0.5) is 5.00 Å². The molecule has 0 fully saturated rings. The number of hydrogen-bond acceptors (Lipinski definition) is 4. The number of hydrogen-bond donors (Lipinski definition) is 1. The van der Waals surface area contributed by atoms with Gasteiger partial charge in [0.25, 0.3) is 0 Å². The van der Waals surface area contributed by atoms with E-state index in [2.05, 4.69) is 32.2 Å². The maximum Gasteiger partial charge on any atom is 0.341 e. The first-order valence-electron chi connectivity index (χ1n) is 7.24. The Hall–Kier alpha value is -1.88. The van der Waals surface area contributed by atoms with E-state index in [-0.39, 0.29) is 5.41 Å². The Morgan fingerprint density at radius 1 is 1.27 bits per heavy atom. The van der Waals surface area contributed by atoms with Gasteiger partial charge < -0.3 is 10.1 Å². The number of carbonyl (C=O) groups is 2. The van der Waals surface area contributed by atoms with Crippen molar-refractivity contribution in [3.63, 3.8) is 0 Å². The summed E-state index contributed by atoms with van der Waals surface area (Å²) < 4.78 is 5.76. The molecule has 2 rings (SSSR count). The smallest absolute Gasteiger partial charge is 0.341 e. The van der Waals surface area contributed by atoms with Crippen molar-refractivity contribution in [2.75, 3.05) is 12.4 Å². The fourth-order valence-corrected chi connectivity index (χ4v) is 3.11. The van der Waals surface area contributed by atoms with Crippen molar-refractivity contribution in [2.24, 2.45) is 0 Å². The van der Waals surface area contributed by atoms with E-state index in [9.17, 15) is 9.59 Å². The molecule has 4 nitrogen and oxygen atoms in total. The molecule has 0 aliphatic carbocycles. The van der Waals surface area contributed by atoms with Crippen molar-refractivity contribution in [3.05, 3.63) is 29.3 Å². The Kier molecular flexibility index (Phi) is 6.11. The third-order valence-electron chi connectivity index (χ3n) is 3.14. The Labute approximate surface area is 135 Å². The minimum absolute atomic E-state index is 0.0296. The highest BCUT2D eigenvalue weighted by Gasteiger charge is 2.21. The molecule has 22 heavy (non-hydrogen) atoms. The second-order valence-electron chi connectivity index (χ2n) is 5.52. The lowest BCUT2D eigenvalue weighted by atomic mass is 9.87. The van der Waals surface area contributed by atoms with Crippen LogP contribution in [-0.4, -0.2) is 19.5 Å². The number of methoxy groups -OCH3 is 1. The van der Waals surface area contributed by atoms with E-state index >= 15 is 0 Å². The first-order chi connectivity index (χ1) is 10.4. The fraction of sp³-hybridized carbons (Fsp3) is 0.412. The molecule has 0 spiro atoms. The Bertz CT molecular complexity index is 668. The van der Waals surface area contributed by atoms with Gasteiger partial charge in [0.15, 0.2) is 0 Å². The van der Waals surface area contributed by atoms with Crippen molar-refractivity contribution in [2.45, 2.75) is 40.0 Å². The number of esters is 1. The van der Waals surface area contributed by atoms with Gasteiger partial charge in [-0.25, -0.2) is 4.79 Å². The summed E-state index contributed by atoms with van der Waals surface area (Å²) in [5, 5.41) is 3.90. The van der Waals surface area contributed by atoms with Gasteiger partial charge >= 0.3 is 5.97 Å². The maximum absolute atomic E-state index is 11.9. The van der Waals surface area contributed by atoms with Crippen LogP contribution < -0.4 is 5.32 Å². The summed E-state index contributed by atoms with van der Waals surface area (Å²) in [6, 6.07) is 5.98. The molecule has 1 aromatic carbocycles. The molecule has 0 unspecified atom stereocenters. The summed E-state index contributed by atoms with van der Waals surface area (Å²) >= 11 is 1.38. The van der Waals surface area contributed by atoms with Crippen molar-refractivity contribution >= 4 is 38.8 Å². The van der Waals surface area contributed by atoms with Gasteiger partial charge in [0.2, 0.25) is 6.41 Å². The van der Waals surface area contributed by atoms with E-state index in [1.807, 2.05) is 26.0 Å². The summed E-state index contributed by atoms with van der Waals surface area (Å²) in [5.74, 6) is -0.441. The summed E-state index contributed by atoms with van der Waals surface area (Å²) in [7, 11) is 1.33. The minimum Gasteiger partial charge on any atom is -0.465 e. The highest BCUT2D eigenvalue weighted by molar-refractivity contribution is 7.23. The molecule has 0 saturated carbocycles. The molecule has 0 aliphatic heterocycles. The second-order valence-corrected chi connectivity index (χ2v) is 6.57. The average molecular weight is 321 g/mol. The van der Waals surface area contributed by atoms with Gasteiger partial charge in [0.1, 0.15) is 10.6 Å². The highest BCUT2D eigenvalue weighted by Crippen LogP contribution is 2.38. The topological polar surface area (TPSA) is 55.4 Å². The summed E-state index contributed by atoms with van der Waals surface area (Å²) in [5.41, 5.74) is 1.63. The van der Waals surface area contributed by atoms with Gasteiger partial charge in [-0.15, -0.1) is 11.3 Å². The molecule has 0 radical (unpaired) electrons. The number of thiophene rings is 1. The number of fused-ring (bicyclic) bond motifs is 1. The van der Waals surface area contributed by atoms with Crippen LogP contribution in [0.5, 0.6) is 0 Å². The monoisotopic (exact) mass is 321 g/mol. The van der Waals surface area contributed by atoms with E-state index < -0.39 is 5.97 Å². The molecule has 1 amide bonds. The number of amides is 1. The standard InChI is InChI=1S/C15H17NO3S.C2H6/c1-15(2,3)9-5-6-10-11(7-9)20-13(16-8-17)12(10)14(18)19-4;1-2/h5-8H,1-4H3,(H,16,17);1-2H3. The molecular formula is C17H23NO3S. The van der Waals surface area contributed by atoms with E-state index in [4.69, 9.17) is 4.74 Å². The molecule has 120 valence electrons. The molecule has 0 atom stereocenters. The largest absolute Gasteiger partial charge is 0.465 e. The number of carbonyl (C=O) groups excluding carboxylic acids is 2.